The largest absolute Gasteiger partial charge is 0.508 e. The third-order valence-corrected chi connectivity index (χ3v) is 6.85. The highest BCUT2D eigenvalue weighted by Gasteiger charge is 2.36. The highest BCUT2D eigenvalue weighted by Crippen LogP contribution is 2.50. The molecule has 26 heavy (non-hydrogen) atoms. The summed E-state index contributed by atoms with van der Waals surface area (Å²) in [6.07, 6.45) is 15.1. The van der Waals surface area contributed by atoms with E-state index in [0.29, 0.717) is 10.8 Å². The smallest absolute Gasteiger partial charge is 0.161 e. The predicted octanol–water partition coefficient (Wildman–Crippen LogP) is 6.22. The third-order valence-electron chi connectivity index (χ3n) is 6.85. The quantitative estimate of drug-likeness (QED) is 0.249. The first kappa shape index (κ1) is 19.4. The number of phenolic OH excluding ortho intramolecular Hbond substituents is 3. The molecule has 2 fully saturated rings. The van der Waals surface area contributed by atoms with Gasteiger partial charge in [0.25, 0.3) is 0 Å². The van der Waals surface area contributed by atoms with Crippen LogP contribution in [-0.2, 0) is 12.8 Å². The van der Waals surface area contributed by atoms with Crippen molar-refractivity contribution < 1.29 is 15.3 Å². The standard InChI is InChI=1S/C23H36O3/c1-22(12-13-22)10-6-3-4-8-17-18(21(26)20(25)16-19(17)24)9-5-7-11-23(2)14-15-23/h16,24-26H,3-15H2,1-2H3. The summed E-state index contributed by atoms with van der Waals surface area (Å²) in [4.78, 5) is 0. The lowest BCUT2D eigenvalue weighted by Crippen LogP contribution is -2.00. The molecule has 0 amide bonds. The molecule has 146 valence electrons. The maximum absolute atomic E-state index is 10.3. The van der Waals surface area contributed by atoms with Gasteiger partial charge in [0.05, 0.1) is 0 Å². The molecule has 0 atom stereocenters. The molecule has 1 aromatic rings. The van der Waals surface area contributed by atoms with Crippen molar-refractivity contribution in [1.82, 2.24) is 0 Å². The first-order valence-electron chi connectivity index (χ1n) is 10.6. The van der Waals surface area contributed by atoms with Gasteiger partial charge < -0.3 is 15.3 Å². The Morgan fingerprint density at radius 1 is 0.692 bits per heavy atom. The number of unbranched alkanes of at least 4 members (excludes halogenated alkanes) is 3. The van der Waals surface area contributed by atoms with Gasteiger partial charge in [0, 0.05) is 17.2 Å². The Labute approximate surface area is 158 Å². The molecule has 0 bridgehead atoms. The molecule has 0 unspecified atom stereocenters. The highest BCUT2D eigenvalue weighted by atomic mass is 16.3. The van der Waals surface area contributed by atoms with Crippen molar-refractivity contribution in [2.75, 3.05) is 0 Å². The van der Waals surface area contributed by atoms with Gasteiger partial charge >= 0.3 is 0 Å². The molecular formula is C23H36O3. The topological polar surface area (TPSA) is 60.7 Å². The van der Waals surface area contributed by atoms with Gasteiger partial charge in [-0.2, -0.15) is 0 Å². The van der Waals surface area contributed by atoms with Gasteiger partial charge in [-0.15, -0.1) is 0 Å². The SMILES string of the molecule is CC1(CCCCCc2c(O)cc(O)c(O)c2CCCCC2(C)CC2)CC1. The maximum Gasteiger partial charge on any atom is 0.161 e. The number of hydrogen-bond acceptors (Lipinski definition) is 3. The Balaban J connectivity index is 1.52. The van der Waals surface area contributed by atoms with Crippen LogP contribution in [0.1, 0.15) is 95.6 Å². The lowest BCUT2D eigenvalue weighted by molar-refractivity contribution is 0.387. The van der Waals surface area contributed by atoms with E-state index in [1.165, 1.54) is 51.0 Å². The van der Waals surface area contributed by atoms with E-state index < -0.39 is 0 Å². The molecule has 3 rings (SSSR count). The van der Waals surface area contributed by atoms with Crippen LogP contribution in [0.2, 0.25) is 0 Å². The van der Waals surface area contributed by atoms with Gasteiger partial charge in [-0.1, -0.05) is 33.1 Å². The predicted molar refractivity (Wildman–Crippen MR) is 106 cm³/mol. The first-order chi connectivity index (χ1) is 12.3. The normalized spacial score (nSPS) is 19.5. The molecule has 0 heterocycles. The van der Waals surface area contributed by atoms with Gasteiger partial charge in [-0.05, 0) is 75.0 Å². The molecule has 3 nitrogen and oxygen atoms in total. The van der Waals surface area contributed by atoms with E-state index >= 15 is 0 Å². The summed E-state index contributed by atoms with van der Waals surface area (Å²) in [5, 5.41) is 30.5. The van der Waals surface area contributed by atoms with Gasteiger partial charge in [0.2, 0.25) is 0 Å². The second-order valence-electron chi connectivity index (χ2n) is 9.61. The minimum atomic E-state index is -0.197. The van der Waals surface area contributed by atoms with E-state index in [1.54, 1.807) is 0 Å². The average Bonchev–Trinajstić information content (AvgIpc) is 3.50. The third kappa shape index (κ3) is 5.08. The van der Waals surface area contributed by atoms with Crippen molar-refractivity contribution in [2.24, 2.45) is 10.8 Å². The first-order valence-corrected chi connectivity index (χ1v) is 10.6. The van der Waals surface area contributed by atoms with Crippen molar-refractivity contribution in [3.8, 4) is 17.2 Å². The van der Waals surface area contributed by atoms with Gasteiger partial charge in [0.15, 0.2) is 11.5 Å². The van der Waals surface area contributed by atoms with Gasteiger partial charge in [-0.3, -0.25) is 0 Å². The van der Waals surface area contributed by atoms with E-state index in [4.69, 9.17) is 0 Å². The molecule has 2 aliphatic carbocycles. The molecule has 2 aliphatic rings. The lowest BCUT2D eigenvalue weighted by atomic mass is 9.92. The molecule has 0 saturated heterocycles. The van der Waals surface area contributed by atoms with Crippen molar-refractivity contribution in [3.05, 3.63) is 17.2 Å². The molecule has 0 spiro atoms. The number of rotatable bonds is 11. The average molecular weight is 361 g/mol. The van der Waals surface area contributed by atoms with Crippen LogP contribution in [0.5, 0.6) is 17.2 Å². The van der Waals surface area contributed by atoms with Crippen LogP contribution in [0, 0.1) is 10.8 Å². The van der Waals surface area contributed by atoms with Crippen molar-refractivity contribution >= 4 is 0 Å². The van der Waals surface area contributed by atoms with Crippen LogP contribution in [-0.4, -0.2) is 15.3 Å². The number of aromatic hydroxyl groups is 3. The summed E-state index contributed by atoms with van der Waals surface area (Å²) < 4.78 is 0. The summed E-state index contributed by atoms with van der Waals surface area (Å²) in [6, 6.07) is 1.30. The van der Waals surface area contributed by atoms with Crippen molar-refractivity contribution in [1.29, 1.82) is 0 Å². The number of phenols is 3. The maximum atomic E-state index is 10.3. The summed E-state index contributed by atoms with van der Waals surface area (Å²) in [6.45, 7) is 4.72. The monoisotopic (exact) mass is 360 g/mol. The van der Waals surface area contributed by atoms with Crippen LogP contribution >= 0.6 is 0 Å². The van der Waals surface area contributed by atoms with E-state index in [2.05, 4.69) is 13.8 Å². The zero-order valence-corrected chi connectivity index (χ0v) is 16.6. The second-order valence-corrected chi connectivity index (χ2v) is 9.61. The molecule has 0 aliphatic heterocycles. The van der Waals surface area contributed by atoms with Crippen molar-refractivity contribution in [2.45, 2.75) is 97.3 Å². The zero-order valence-electron chi connectivity index (χ0n) is 16.6. The Hall–Kier alpha value is -1.38. The number of hydrogen-bond donors (Lipinski definition) is 3. The fraction of sp³-hybridized carbons (Fsp3) is 0.739. The van der Waals surface area contributed by atoms with Gasteiger partial charge in [0.1, 0.15) is 5.75 Å². The van der Waals surface area contributed by atoms with Crippen LogP contribution in [0.3, 0.4) is 0 Å². The minimum Gasteiger partial charge on any atom is -0.508 e. The van der Waals surface area contributed by atoms with E-state index in [1.807, 2.05) is 0 Å². The fourth-order valence-corrected chi connectivity index (χ4v) is 4.10. The molecule has 3 heteroatoms. The lowest BCUT2D eigenvalue weighted by Gasteiger charge is -2.16. The zero-order chi connectivity index (χ0) is 18.8. The van der Waals surface area contributed by atoms with E-state index in [0.717, 1.165) is 49.7 Å². The summed E-state index contributed by atoms with van der Waals surface area (Å²) in [5.41, 5.74) is 2.78. The number of benzene rings is 1. The summed E-state index contributed by atoms with van der Waals surface area (Å²) in [5.74, 6) is -0.0865. The summed E-state index contributed by atoms with van der Waals surface area (Å²) in [7, 11) is 0. The van der Waals surface area contributed by atoms with Crippen LogP contribution < -0.4 is 0 Å². The molecule has 2 saturated carbocycles. The molecule has 0 aromatic heterocycles. The van der Waals surface area contributed by atoms with Gasteiger partial charge in [-0.25, -0.2) is 0 Å². The van der Waals surface area contributed by atoms with Crippen molar-refractivity contribution in [3.63, 3.8) is 0 Å². The Morgan fingerprint density at radius 2 is 1.19 bits per heavy atom. The van der Waals surface area contributed by atoms with Crippen LogP contribution in [0.25, 0.3) is 0 Å². The highest BCUT2D eigenvalue weighted by molar-refractivity contribution is 5.55. The Bertz CT molecular complexity index is 627. The Kier molecular flexibility index (Phi) is 5.74. The van der Waals surface area contributed by atoms with E-state index in [9.17, 15) is 15.3 Å². The minimum absolute atomic E-state index is 0.0269. The molecule has 1 aromatic carbocycles. The fourth-order valence-electron chi connectivity index (χ4n) is 4.10. The molecular weight excluding hydrogens is 324 g/mol. The van der Waals surface area contributed by atoms with Crippen LogP contribution in [0.4, 0.5) is 0 Å². The van der Waals surface area contributed by atoms with E-state index in [-0.39, 0.29) is 17.2 Å². The second kappa shape index (κ2) is 7.70. The summed E-state index contributed by atoms with van der Waals surface area (Å²) >= 11 is 0. The Morgan fingerprint density at radius 3 is 1.77 bits per heavy atom. The van der Waals surface area contributed by atoms with Crippen LogP contribution in [0.15, 0.2) is 6.07 Å². The molecule has 0 radical (unpaired) electrons. The molecule has 3 N–H and O–H groups in total.